The quantitative estimate of drug-likeness (QED) is 0.578. The number of hydrogen-bond acceptors (Lipinski definition) is 2. The van der Waals surface area contributed by atoms with E-state index in [9.17, 15) is 0 Å². The van der Waals surface area contributed by atoms with E-state index in [2.05, 4.69) is 0 Å². The summed E-state index contributed by atoms with van der Waals surface area (Å²) in [7, 11) is 1.61. The largest absolute Gasteiger partial charge is 0.395 e. The van der Waals surface area contributed by atoms with Gasteiger partial charge in [0, 0.05) is 13.7 Å². The molecule has 0 aliphatic rings. The summed E-state index contributed by atoms with van der Waals surface area (Å²) in [5.41, 5.74) is 0. The predicted molar refractivity (Wildman–Crippen MR) is 33.2 cm³/mol. The minimum atomic E-state index is -0.144. The maximum Gasteiger partial charge on any atom is 0.0596 e. The summed E-state index contributed by atoms with van der Waals surface area (Å²) in [6.45, 7) is 0.652. The summed E-state index contributed by atoms with van der Waals surface area (Å²) in [4.78, 5) is 0. The van der Waals surface area contributed by atoms with Gasteiger partial charge in [-0.3, -0.25) is 0 Å². The summed E-state index contributed by atoms with van der Waals surface area (Å²) in [6.07, 6.45) is 0.717. The Morgan fingerprint density at radius 2 is 2.38 bits per heavy atom. The lowest BCUT2D eigenvalue weighted by molar-refractivity contribution is 0.183. The molecule has 0 bridgehead atoms. The van der Waals surface area contributed by atoms with E-state index in [0.717, 1.165) is 0 Å². The Kier molecular flexibility index (Phi) is 5.49. The Morgan fingerprint density at radius 1 is 1.75 bits per heavy atom. The van der Waals surface area contributed by atoms with E-state index in [-0.39, 0.29) is 12.0 Å². The van der Waals surface area contributed by atoms with Crippen molar-refractivity contribution in [1.29, 1.82) is 0 Å². The lowest BCUT2D eigenvalue weighted by atomic mass is 10.3. The lowest BCUT2D eigenvalue weighted by Gasteiger charge is -2.01. The van der Waals surface area contributed by atoms with Gasteiger partial charge in [-0.1, -0.05) is 0 Å². The Hall–Kier alpha value is 0.210. The molecule has 0 amide bonds. The molecule has 8 heavy (non-hydrogen) atoms. The van der Waals surface area contributed by atoms with Gasteiger partial charge in [0.15, 0.2) is 0 Å². The topological polar surface area (TPSA) is 29.5 Å². The standard InChI is InChI=1S/C5H11ClO2/c1-8-3-2-5(6)4-7/h5,7H,2-4H2,1H3. The van der Waals surface area contributed by atoms with Crippen LogP contribution in [0.15, 0.2) is 0 Å². The molecule has 0 radical (unpaired) electrons. The van der Waals surface area contributed by atoms with E-state index in [1.165, 1.54) is 0 Å². The maximum absolute atomic E-state index is 8.37. The summed E-state index contributed by atoms with van der Waals surface area (Å²) in [5.74, 6) is 0. The number of ether oxygens (including phenoxy) is 1. The number of aliphatic hydroxyl groups is 1. The van der Waals surface area contributed by atoms with Crippen molar-refractivity contribution in [3.63, 3.8) is 0 Å². The molecule has 1 unspecified atom stereocenters. The summed E-state index contributed by atoms with van der Waals surface area (Å²) < 4.78 is 4.72. The van der Waals surface area contributed by atoms with Crippen molar-refractivity contribution in [2.24, 2.45) is 0 Å². The zero-order chi connectivity index (χ0) is 6.41. The molecule has 1 atom stereocenters. The van der Waals surface area contributed by atoms with Gasteiger partial charge in [0.25, 0.3) is 0 Å². The van der Waals surface area contributed by atoms with Crippen LogP contribution in [-0.2, 0) is 4.74 Å². The molecule has 0 aromatic heterocycles. The van der Waals surface area contributed by atoms with Gasteiger partial charge in [0.05, 0.1) is 12.0 Å². The van der Waals surface area contributed by atoms with Crippen molar-refractivity contribution in [3.05, 3.63) is 0 Å². The van der Waals surface area contributed by atoms with Crippen molar-refractivity contribution in [2.45, 2.75) is 11.8 Å². The van der Waals surface area contributed by atoms with E-state index in [1.807, 2.05) is 0 Å². The van der Waals surface area contributed by atoms with E-state index in [0.29, 0.717) is 13.0 Å². The van der Waals surface area contributed by atoms with Crippen LogP contribution in [0.3, 0.4) is 0 Å². The third-order valence-electron chi connectivity index (χ3n) is 0.833. The fourth-order valence-electron chi connectivity index (χ4n) is 0.337. The highest BCUT2D eigenvalue weighted by Gasteiger charge is 1.99. The van der Waals surface area contributed by atoms with E-state index < -0.39 is 0 Å². The average Bonchev–Trinajstić information content (AvgIpc) is 1.83. The molecular weight excluding hydrogens is 128 g/mol. The van der Waals surface area contributed by atoms with Crippen LogP contribution >= 0.6 is 11.6 Å². The highest BCUT2D eigenvalue weighted by molar-refractivity contribution is 6.20. The second-order valence-corrected chi connectivity index (χ2v) is 2.18. The Labute approximate surface area is 54.4 Å². The van der Waals surface area contributed by atoms with Crippen LogP contribution in [-0.4, -0.2) is 30.8 Å². The number of methoxy groups -OCH3 is 1. The van der Waals surface area contributed by atoms with Gasteiger partial charge in [-0.05, 0) is 6.42 Å². The third-order valence-corrected chi connectivity index (χ3v) is 1.19. The Bertz CT molecular complexity index is 49.7. The first-order valence-electron chi connectivity index (χ1n) is 2.55. The van der Waals surface area contributed by atoms with Gasteiger partial charge in [0.2, 0.25) is 0 Å². The fourth-order valence-corrected chi connectivity index (χ4v) is 0.426. The number of hydrogen-bond donors (Lipinski definition) is 1. The van der Waals surface area contributed by atoms with Crippen LogP contribution in [0.5, 0.6) is 0 Å². The van der Waals surface area contributed by atoms with Crippen molar-refractivity contribution in [3.8, 4) is 0 Å². The molecule has 0 aliphatic heterocycles. The molecule has 50 valence electrons. The molecule has 0 rings (SSSR count). The van der Waals surface area contributed by atoms with Crippen LogP contribution in [0, 0.1) is 0 Å². The van der Waals surface area contributed by atoms with Gasteiger partial charge in [-0.15, -0.1) is 11.6 Å². The van der Waals surface area contributed by atoms with Gasteiger partial charge in [-0.2, -0.15) is 0 Å². The van der Waals surface area contributed by atoms with Crippen molar-refractivity contribution < 1.29 is 9.84 Å². The van der Waals surface area contributed by atoms with Crippen molar-refractivity contribution in [1.82, 2.24) is 0 Å². The molecule has 0 heterocycles. The molecule has 0 aliphatic carbocycles. The maximum atomic E-state index is 8.37. The SMILES string of the molecule is COCCC(Cl)CO. The van der Waals surface area contributed by atoms with Crippen LogP contribution in [0.1, 0.15) is 6.42 Å². The molecular formula is C5H11ClO2. The Balaban J connectivity index is 2.86. The number of rotatable bonds is 4. The second-order valence-electron chi connectivity index (χ2n) is 1.56. The summed E-state index contributed by atoms with van der Waals surface area (Å²) >= 11 is 5.51. The first-order valence-corrected chi connectivity index (χ1v) is 2.98. The monoisotopic (exact) mass is 138 g/mol. The highest BCUT2D eigenvalue weighted by atomic mass is 35.5. The first kappa shape index (κ1) is 8.21. The number of alkyl halides is 1. The van der Waals surface area contributed by atoms with E-state index in [1.54, 1.807) is 7.11 Å². The number of aliphatic hydroxyl groups excluding tert-OH is 1. The summed E-state index contributed by atoms with van der Waals surface area (Å²) in [5, 5.41) is 8.23. The molecule has 0 fully saturated rings. The van der Waals surface area contributed by atoms with E-state index in [4.69, 9.17) is 21.4 Å². The van der Waals surface area contributed by atoms with Crippen molar-refractivity contribution >= 4 is 11.6 Å². The van der Waals surface area contributed by atoms with E-state index >= 15 is 0 Å². The molecule has 0 spiro atoms. The van der Waals surface area contributed by atoms with Crippen LogP contribution < -0.4 is 0 Å². The van der Waals surface area contributed by atoms with Gasteiger partial charge >= 0.3 is 0 Å². The molecule has 0 aromatic carbocycles. The fraction of sp³-hybridized carbons (Fsp3) is 1.00. The number of halogens is 1. The van der Waals surface area contributed by atoms with Gasteiger partial charge in [-0.25, -0.2) is 0 Å². The molecule has 0 aromatic rings. The minimum Gasteiger partial charge on any atom is -0.395 e. The second kappa shape index (κ2) is 5.35. The average molecular weight is 139 g/mol. The third kappa shape index (κ3) is 4.37. The Morgan fingerprint density at radius 3 is 2.75 bits per heavy atom. The first-order chi connectivity index (χ1) is 3.81. The minimum absolute atomic E-state index is 0.0327. The molecule has 0 saturated heterocycles. The van der Waals surface area contributed by atoms with Crippen molar-refractivity contribution in [2.75, 3.05) is 20.3 Å². The van der Waals surface area contributed by atoms with Gasteiger partial charge < -0.3 is 9.84 Å². The van der Waals surface area contributed by atoms with Crippen LogP contribution in [0.4, 0.5) is 0 Å². The zero-order valence-corrected chi connectivity index (χ0v) is 5.69. The van der Waals surface area contributed by atoms with Crippen LogP contribution in [0.25, 0.3) is 0 Å². The molecule has 1 N–H and O–H groups in total. The normalized spacial score (nSPS) is 13.9. The molecule has 2 nitrogen and oxygen atoms in total. The van der Waals surface area contributed by atoms with Gasteiger partial charge in [0.1, 0.15) is 0 Å². The summed E-state index contributed by atoms with van der Waals surface area (Å²) in [6, 6.07) is 0. The lowest BCUT2D eigenvalue weighted by Crippen LogP contribution is -2.07. The predicted octanol–water partition coefficient (Wildman–Crippen LogP) is 0.623. The smallest absolute Gasteiger partial charge is 0.0596 e. The highest BCUT2D eigenvalue weighted by Crippen LogP contribution is 1.98. The zero-order valence-electron chi connectivity index (χ0n) is 4.93. The molecule has 3 heteroatoms. The molecule has 0 saturated carbocycles. The van der Waals surface area contributed by atoms with Crippen LogP contribution in [0.2, 0.25) is 0 Å².